The average molecular weight is 453 g/mol. The Morgan fingerprint density at radius 2 is 1.87 bits per heavy atom. The lowest BCUT2D eigenvalue weighted by molar-refractivity contribution is -0.125. The first-order valence-corrected chi connectivity index (χ1v) is 12.2. The van der Waals surface area contributed by atoms with Crippen molar-refractivity contribution in [1.29, 1.82) is 0 Å². The fourth-order valence-electron chi connectivity index (χ4n) is 4.18. The van der Waals surface area contributed by atoms with Crippen LogP contribution < -0.4 is 10.2 Å². The van der Waals surface area contributed by atoms with Gasteiger partial charge in [0, 0.05) is 58.3 Å². The predicted molar refractivity (Wildman–Crippen MR) is 117 cm³/mol. The number of hydrogen-bond acceptors (Lipinski definition) is 6. The van der Waals surface area contributed by atoms with E-state index in [0.717, 1.165) is 19.6 Å². The van der Waals surface area contributed by atoms with E-state index < -0.39 is 16.1 Å². The van der Waals surface area contributed by atoms with Gasteiger partial charge in [-0.2, -0.15) is 4.31 Å². The van der Waals surface area contributed by atoms with E-state index in [-0.39, 0.29) is 16.7 Å². The normalized spacial score (nSPS) is 19.5. The van der Waals surface area contributed by atoms with Crippen molar-refractivity contribution < 1.29 is 22.7 Å². The van der Waals surface area contributed by atoms with Gasteiger partial charge in [0.1, 0.15) is 6.04 Å². The first-order valence-electron chi connectivity index (χ1n) is 10.8. The van der Waals surface area contributed by atoms with Crippen LogP contribution in [-0.4, -0.2) is 88.0 Å². The smallest absolute Gasteiger partial charge is 0.243 e. The molecule has 1 fully saturated rings. The lowest BCUT2D eigenvalue weighted by Gasteiger charge is -2.27. The summed E-state index contributed by atoms with van der Waals surface area (Å²) in [5, 5.41) is 2.93. The maximum atomic E-state index is 12.9. The molecule has 1 aromatic rings. The molecule has 1 unspecified atom stereocenters. The monoisotopic (exact) mass is 452 g/mol. The zero-order valence-electron chi connectivity index (χ0n) is 18.5. The van der Waals surface area contributed by atoms with E-state index in [1.165, 1.54) is 22.2 Å². The minimum Gasteiger partial charge on any atom is -0.379 e. The molecule has 2 heterocycles. The zero-order chi connectivity index (χ0) is 22.6. The first kappa shape index (κ1) is 23.6. The van der Waals surface area contributed by atoms with Crippen LogP contribution in [0.1, 0.15) is 26.3 Å². The summed E-state index contributed by atoms with van der Waals surface area (Å²) in [6.07, 6.45) is 0.292. The van der Waals surface area contributed by atoms with Crippen molar-refractivity contribution in [3.63, 3.8) is 0 Å². The molecule has 0 saturated carbocycles. The maximum Gasteiger partial charge on any atom is 0.243 e. The Kier molecular flexibility index (Phi) is 7.68. The van der Waals surface area contributed by atoms with Crippen LogP contribution in [0.2, 0.25) is 0 Å². The molecule has 0 radical (unpaired) electrons. The molecule has 0 aliphatic carbocycles. The van der Waals surface area contributed by atoms with Gasteiger partial charge in [-0.25, -0.2) is 8.42 Å². The fraction of sp³-hybridized carbons (Fsp3) is 0.619. The number of hydrogen-bond donors (Lipinski definition) is 1. The van der Waals surface area contributed by atoms with Gasteiger partial charge in [-0.05, 0) is 23.8 Å². The van der Waals surface area contributed by atoms with Gasteiger partial charge >= 0.3 is 0 Å². The van der Waals surface area contributed by atoms with Crippen LogP contribution in [0.5, 0.6) is 0 Å². The van der Waals surface area contributed by atoms with E-state index in [9.17, 15) is 18.0 Å². The number of carbonyl (C=O) groups excluding carboxylic acids is 2. The van der Waals surface area contributed by atoms with Gasteiger partial charge in [-0.15, -0.1) is 0 Å². The Morgan fingerprint density at radius 3 is 2.48 bits per heavy atom. The van der Waals surface area contributed by atoms with E-state index in [1.54, 1.807) is 26.0 Å². The standard InChI is InChI=1S/C21H32N4O5S/c1-4-24(5-2)31(28,29)18-6-7-19-17(14-18)15-20(25(19)16(3)26)21(27)22-8-9-23-10-12-30-13-11-23/h6-7,14,20H,4-5,8-13,15H2,1-3H3,(H,22,27). The summed E-state index contributed by atoms with van der Waals surface area (Å²) >= 11 is 0. The van der Waals surface area contributed by atoms with Crippen LogP contribution in [0.4, 0.5) is 5.69 Å². The molecule has 1 N–H and O–H groups in total. The number of nitrogens with zero attached hydrogens (tertiary/aromatic N) is 3. The summed E-state index contributed by atoms with van der Waals surface area (Å²) in [7, 11) is -3.61. The number of morpholine rings is 1. The summed E-state index contributed by atoms with van der Waals surface area (Å²) in [4.78, 5) is 29.1. The number of sulfonamides is 1. The second-order valence-electron chi connectivity index (χ2n) is 7.73. The van der Waals surface area contributed by atoms with Crippen molar-refractivity contribution in [3.05, 3.63) is 23.8 Å². The number of carbonyl (C=O) groups is 2. The van der Waals surface area contributed by atoms with Crippen LogP contribution in [0, 0.1) is 0 Å². The van der Waals surface area contributed by atoms with Gasteiger partial charge in [0.25, 0.3) is 0 Å². The Balaban J connectivity index is 1.73. The molecule has 3 rings (SSSR count). The minimum absolute atomic E-state index is 0.187. The number of nitrogens with one attached hydrogen (secondary N) is 1. The Bertz CT molecular complexity index is 910. The van der Waals surface area contributed by atoms with Crippen molar-refractivity contribution in [1.82, 2.24) is 14.5 Å². The van der Waals surface area contributed by atoms with Gasteiger partial charge in [0.2, 0.25) is 21.8 Å². The Hall–Kier alpha value is -2.01. The number of ether oxygens (including phenoxy) is 1. The number of rotatable bonds is 8. The predicted octanol–water partition coefficient (Wildman–Crippen LogP) is 0.443. The highest BCUT2D eigenvalue weighted by Gasteiger charge is 2.38. The second kappa shape index (κ2) is 10.1. The van der Waals surface area contributed by atoms with Crippen molar-refractivity contribution in [2.45, 2.75) is 38.1 Å². The molecular formula is C21H32N4O5S. The van der Waals surface area contributed by atoms with Crippen molar-refractivity contribution in [2.75, 3.05) is 57.4 Å². The maximum absolute atomic E-state index is 12.9. The number of amides is 2. The van der Waals surface area contributed by atoms with Crippen molar-refractivity contribution in [3.8, 4) is 0 Å². The fourth-order valence-corrected chi connectivity index (χ4v) is 5.69. The largest absolute Gasteiger partial charge is 0.379 e. The van der Waals surface area contributed by atoms with Gasteiger partial charge in [-0.3, -0.25) is 19.4 Å². The van der Waals surface area contributed by atoms with Crippen LogP contribution in [-0.2, 0) is 30.8 Å². The van der Waals surface area contributed by atoms with Gasteiger partial charge in [0.05, 0.1) is 18.1 Å². The van der Waals surface area contributed by atoms with E-state index in [4.69, 9.17) is 4.74 Å². The molecule has 1 atom stereocenters. The molecular weight excluding hydrogens is 420 g/mol. The van der Waals surface area contributed by atoms with Crippen LogP contribution in [0.15, 0.2) is 23.1 Å². The summed E-state index contributed by atoms with van der Waals surface area (Å²) in [6.45, 7) is 10.1. The van der Waals surface area contributed by atoms with Crippen molar-refractivity contribution >= 4 is 27.5 Å². The lowest BCUT2D eigenvalue weighted by atomic mass is 10.1. The third kappa shape index (κ3) is 5.08. The van der Waals surface area contributed by atoms with Crippen LogP contribution in [0.25, 0.3) is 0 Å². The third-order valence-electron chi connectivity index (χ3n) is 5.85. The lowest BCUT2D eigenvalue weighted by Crippen LogP contribution is -2.49. The molecule has 2 amide bonds. The number of fused-ring (bicyclic) bond motifs is 1. The van der Waals surface area contributed by atoms with Gasteiger partial charge in [0.15, 0.2) is 0 Å². The molecule has 1 saturated heterocycles. The number of benzene rings is 1. The molecule has 172 valence electrons. The zero-order valence-corrected chi connectivity index (χ0v) is 19.3. The third-order valence-corrected chi connectivity index (χ3v) is 7.90. The average Bonchev–Trinajstić information content (AvgIpc) is 3.14. The highest BCUT2D eigenvalue weighted by molar-refractivity contribution is 7.89. The highest BCUT2D eigenvalue weighted by Crippen LogP contribution is 2.34. The molecule has 9 nitrogen and oxygen atoms in total. The SMILES string of the molecule is CCN(CC)S(=O)(=O)c1ccc2c(c1)CC(C(=O)NCCN1CCOCC1)N2C(C)=O. The topological polar surface area (TPSA) is 99.3 Å². The summed E-state index contributed by atoms with van der Waals surface area (Å²) in [5.74, 6) is -0.473. The molecule has 31 heavy (non-hydrogen) atoms. The Labute approximate surface area is 184 Å². The summed E-state index contributed by atoms with van der Waals surface area (Å²) in [5.41, 5.74) is 1.29. The molecule has 10 heteroatoms. The highest BCUT2D eigenvalue weighted by atomic mass is 32.2. The van der Waals surface area contributed by atoms with E-state index in [2.05, 4.69) is 10.2 Å². The molecule has 2 aliphatic rings. The van der Waals surface area contributed by atoms with E-state index in [0.29, 0.717) is 50.5 Å². The molecule has 1 aromatic carbocycles. The first-order chi connectivity index (χ1) is 14.8. The second-order valence-corrected chi connectivity index (χ2v) is 9.67. The van der Waals surface area contributed by atoms with Gasteiger partial charge < -0.3 is 10.1 Å². The van der Waals surface area contributed by atoms with E-state index >= 15 is 0 Å². The molecule has 0 spiro atoms. The number of anilines is 1. The molecule has 0 aromatic heterocycles. The van der Waals surface area contributed by atoms with Crippen LogP contribution >= 0.6 is 0 Å². The summed E-state index contributed by atoms with van der Waals surface area (Å²) in [6, 6.07) is 4.07. The summed E-state index contributed by atoms with van der Waals surface area (Å²) < 4.78 is 32.5. The van der Waals surface area contributed by atoms with Crippen molar-refractivity contribution in [2.24, 2.45) is 0 Å². The molecule has 2 aliphatic heterocycles. The quantitative estimate of drug-likeness (QED) is 0.615. The molecule has 0 bridgehead atoms. The minimum atomic E-state index is -3.61. The van der Waals surface area contributed by atoms with E-state index in [1.807, 2.05) is 0 Å². The Morgan fingerprint density at radius 1 is 1.19 bits per heavy atom. The van der Waals surface area contributed by atoms with Crippen LogP contribution in [0.3, 0.4) is 0 Å². The van der Waals surface area contributed by atoms with Gasteiger partial charge in [-0.1, -0.05) is 13.8 Å².